The molecule has 0 aliphatic rings. The monoisotopic (exact) mass is 333 g/mol. The molecule has 0 saturated heterocycles. The number of carbonyl (C=O) groups is 1. The van der Waals surface area contributed by atoms with Gasteiger partial charge in [-0.05, 0) is 45.4 Å². The minimum Gasteiger partial charge on any atom is -0.338 e. The highest BCUT2D eigenvalue weighted by molar-refractivity contribution is 6.30. The van der Waals surface area contributed by atoms with Gasteiger partial charge in [0.1, 0.15) is 0 Å². The molecule has 0 radical (unpaired) electrons. The fourth-order valence-corrected chi connectivity index (χ4v) is 3.13. The van der Waals surface area contributed by atoms with Gasteiger partial charge in [0, 0.05) is 30.4 Å². The van der Waals surface area contributed by atoms with Crippen molar-refractivity contribution in [2.45, 2.75) is 39.7 Å². The number of likely N-dealkylation sites (N-methyl/N-ethyl adjacent to an activating group) is 1. The molecule has 1 aromatic carbocycles. The van der Waals surface area contributed by atoms with E-state index in [-0.39, 0.29) is 17.9 Å². The summed E-state index contributed by atoms with van der Waals surface area (Å²) < 4.78 is 1.83. The zero-order valence-electron chi connectivity index (χ0n) is 14.6. The summed E-state index contributed by atoms with van der Waals surface area (Å²) in [4.78, 5) is 14.7. The van der Waals surface area contributed by atoms with Crippen LogP contribution in [0, 0.1) is 13.8 Å². The van der Waals surface area contributed by atoms with Gasteiger partial charge in [-0.15, -0.1) is 0 Å². The molecule has 124 valence electrons. The minimum absolute atomic E-state index is 0.0144. The molecule has 0 aliphatic carbocycles. The van der Waals surface area contributed by atoms with E-state index in [1.807, 2.05) is 70.7 Å². The van der Waals surface area contributed by atoms with Crippen molar-refractivity contribution in [3.05, 3.63) is 51.8 Å². The number of carbonyl (C=O) groups excluding carboxylic acids is 1. The molecule has 0 bridgehead atoms. The van der Waals surface area contributed by atoms with Crippen LogP contribution in [0.4, 0.5) is 0 Å². The summed E-state index contributed by atoms with van der Waals surface area (Å²) >= 11 is 5.94. The summed E-state index contributed by atoms with van der Waals surface area (Å²) in [5, 5.41) is 5.12. The Morgan fingerprint density at radius 3 is 2.26 bits per heavy atom. The minimum atomic E-state index is -0.219. The Balaban J connectivity index is 2.23. The molecule has 1 aromatic heterocycles. The van der Waals surface area contributed by atoms with Crippen LogP contribution in [0.25, 0.3) is 0 Å². The number of rotatable bonds is 4. The molecule has 0 unspecified atom stereocenters. The van der Waals surface area contributed by atoms with Crippen LogP contribution in [0.3, 0.4) is 0 Å². The van der Waals surface area contributed by atoms with Crippen LogP contribution >= 0.6 is 11.6 Å². The first-order valence-corrected chi connectivity index (χ1v) is 8.14. The molecule has 4 nitrogen and oxygen atoms in total. The molecular formula is C18H24ClN3O. The van der Waals surface area contributed by atoms with Gasteiger partial charge >= 0.3 is 0 Å². The Kier molecular flexibility index (Phi) is 5.15. The van der Waals surface area contributed by atoms with Gasteiger partial charge in [0.2, 0.25) is 5.91 Å². The van der Waals surface area contributed by atoms with E-state index < -0.39 is 0 Å². The Morgan fingerprint density at radius 2 is 1.78 bits per heavy atom. The van der Waals surface area contributed by atoms with Crippen LogP contribution in [0.15, 0.2) is 24.3 Å². The van der Waals surface area contributed by atoms with Crippen LogP contribution in [-0.4, -0.2) is 27.6 Å². The summed E-state index contributed by atoms with van der Waals surface area (Å²) in [7, 11) is 3.75. The van der Waals surface area contributed by atoms with Crippen molar-refractivity contribution in [2.24, 2.45) is 7.05 Å². The molecule has 2 atom stereocenters. The van der Waals surface area contributed by atoms with Crippen LogP contribution in [-0.2, 0) is 11.8 Å². The topological polar surface area (TPSA) is 38.1 Å². The van der Waals surface area contributed by atoms with Crippen molar-refractivity contribution in [2.75, 3.05) is 7.05 Å². The first-order valence-electron chi connectivity index (χ1n) is 7.76. The Labute approximate surface area is 143 Å². The molecule has 1 amide bonds. The molecule has 0 N–H and O–H groups in total. The highest BCUT2D eigenvalue weighted by Crippen LogP contribution is 2.28. The zero-order valence-corrected chi connectivity index (χ0v) is 15.3. The largest absolute Gasteiger partial charge is 0.338 e. The van der Waals surface area contributed by atoms with Gasteiger partial charge < -0.3 is 4.90 Å². The third kappa shape index (κ3) is 3.42. The molecule has 0 fully saturated rings. The number of aryl methyl sites for hydroxylation is 2. The fourth-order valence-electron chi connectivity index (χ4n) is 3.00. The quantitative estimate of drug-likeness (QED) is 0.847. The third-order valence-electron chi connectivity index (χ3n) is 4.65. The smallest absolute Gasteiger partial charge is 0.230 e. The van der Waals surface area contributed by atoms with E-state index in [1.54, 1.807) is 4.90 Å². The van der Waals surface area contributed by atoms with Crippen molar-refractivity contribution < 1.29 is 4.79 Å². The molecule has 0 aliphatic heterocycles. The number of amides is 1. The van der Waals surface area contributed by atoms with Gasteiger partial charge in [0.05, 0.1) is 17.7 Å². The fraction of sp³-hybridized carbons (Fsp3) is 0.444. The molecule has 5 heteroatoms. The molecule has 1 heterocycles. The van der Waals surface area contributed by atoms with Gasteiger partial charge in [-0.1, -0.05) is 23.7 Å². The summed E-state index contributed by atoms with van der Waals surface area (Å²) in [6, 6.07) is 7.61. The molecule has 2 rings (SSSR count). The number of hydrogen-bond donors (Lipinski definition) is 0. The maximum absolute atomic E-state index is 12.9. The second-order valence-electron chi connectivity index (χ2n) is 6.11. The number of nitrogens with zero attached hydrogens (tertiary/aromatic N) is 3. The van der Waals surface area contributed by atoms with E-state index in [0.29, 0.717) is 5.02 Å². The average Bonchev–Trinajstić information content (AvgIpc) is 2.78. The van der Waals surface area contributed by atoms with E-state index in [0.717, 1.165) is 22.5 Å². The average molecular weight is 334 g/mol. The third-order valence-corrected chi connectivity index (χ3v) is 4.90. The van der Waals surface area contributed by atoms with Crippen LogP contribution in [0.5, 0.6) is 0 Å². The first kappa shape index (κ1) is 17.5. The summed E-state index contributed by atoms with van der Waals surface area (Å²) in [5.74, 6) is -0.130. The highest BCUT2D eigenvalue weighted by Gasteiger charge is 2.27. The van der Waals surface area contributed by atoms with E-state index in [2.05, 4.69) is 5.10 Å². The van der Waals surface area contributed by atoms with E-state index in [1.165, 1.54) is 0 Å². The van der Waals surface area contributed by atoms with Gasteiger partial charge in [0.15, 0.2) is 0 Å². The molecule has 2 aromatic rings. The van der Waals surface area contributed by atoms with E-state index in [4.69, 9.17) is 11.6 Å². The lowest BCUT2D eigenvalue weighted by molar-refractivity contribution is -0.133. The SMILES string of the molecule is Cc1nn(C)c(C)c1[C@@H](C)C(=O)N(C)[C@@H](C)c1ccc(Cl)cc1. The van der Waals surface area contributed by atoms with Crippen LogP contribution in [0.1, 0.15) is 48.3 Å². The number of benzene rings is 1. The molecule has 23 heavy (non-hydrogen) atoms. The Hall–Kier alpha value is -1.81. The second kappa shape index (κ2) is 6.75. The summed E-state index contributed by atoms with van der Waals surface area (Å²) in [6.45, 7) is 7.93. The maximum atomic E-state index is 12.9. The van der Waals surface area contributed by atoms with Crippen molar-refractivity contribution in [1.82, 2.24) is 14.7 Å². The Morgan fingerprint density at radius 1 is 1.22 bits per heavy atom. The predicted octanol–water partition coefficient (Wildman–Crippen LogP) is 4.01. The van der Waals surface area contributed by atoms with Crippen molar-refractivity contribution in [3.8, 4) is 0 Å². The lowest BCUT2D eigenvalue weighted by Gasteiger charge is -2.28. The van der Waals surface area contributed by atoms with Gasteiger partial charge in [-0.2, -0.15) is 5.10 Å². The summed E-state index contributed by atoms with van der Waals surface area (Å²) in [6.07, 6.45) is 0. The molecule has 0 saturated carbocycles. The number of halogens is 1. The predicted molar refractivity (Wildman–Crippen MR) is 93.7 cm³/mol. The molecule has 0 spiro atoms. The standard InChI is InChI=1S/C18H24ClN3O/c1-11(17-12(2)20-22(6)14(17)4)18(23)21(5)13(3)15-7-9-16(19)10-8-15/h7-11,13H,1-6H3/t11-,13+/m1/s1. The van der Waals surface area contributed by atoms with Crippen molar-refractivity contribution in [3.63, 3.8) is 0 Å². The highest BCUT2D eigenvalue weighted by atomic mass is 35.5. The Bertz CT molecular complexity index is 706. The van der Waals surface area contributed by atoms with E-state index >= 15 is 0 Å². The number of hydrogen-bond acceptors (Lipinski definition) is 2. The number of aromatic nitrogens is 2. The second-order valence-corrected chi connectivity index (χ2v) is 6.54. The lowest BCUT2D eigenvalue weighted by Crippen LogP contribution is -2.33. The normalized spacial score (nSPS) is 13.7. The van der Waals surface area contributed by atoms with Gasteiger partial charge in [0.25, 0.3) is 0 Å². The maximum Gasteiger partial charge on any atom is 0.230 e. The van der Waals surface area contributed by atoms with Crippen molar-refractivity contribution in [1.29, 1.82) is 0 Å². The van der Waals surface area contributed by atoms with Gasteiger partial charge in [-0.25, -0.2) is 0 Å². The van der Waals surface area contributed by atoms with Crippen LogP contribution in [0.2, 0.25) is 5.02 Å². The summed E-state index contributed by atoms with van der Waals surface area (Å²) in [5.41, 5.74) is 4.04. The van der Waals surface area contributed by atoms with Crippen molar-refractivity contribution >= 4 is 17.5 Å². The van der Waals surface area contributed by atoms with E-state index in [9.17, 15) is 4.79 Å². The zero-order chi connectivity index (χ0) is 17.3. The van der Waals surface area contributed by atoms with Crippen LogP contribution < -0.4 is 0 Å². The molecular weight excluding hydrogens is 310 g/mol. The van der Waals surface area contributed by atoms with Gasteiger partial charge in [-0.3, -0.25) is 9.48 Å². The lowest BCUT2D eigenvalue weighted by atomic mass is 9.96. The first-order chi connectivity index (χ1) is 10.7.